The van der Waals surface area contributed by atoms with Gasteiger partial charge < -0.3 is 10.1 Å². The summed E-state index contributed by atoms with van der Waals surface area (Å²) in [4.78, 5) is 11.3. The summed E-state index contributed by atoms with van der Waals surface area (Å²) in [5.41, 5.74) is 0. The van der Waals surface area contributed by atoms with Crippen LogP contribution in [0.4, 0.5) is 4.79 Å². The summed E-state index contributed by atoms with van der Waals surface area (Å²) in [7, 11) is -3.87. The Balaban J connectivity index is 2.46. The van der Waals surface area contributed by atoms with E-state index < -0.39 is 16.3 Å². The van der Waals surface area contributed by atoms with Gasteiger partial charge in [0.25, 0.3) is 0 Å². The standard InChI is InChI=1S/C11H23N3O4S/c1-8(2)18-11(15)14-19(16,17)13-9(3)10-4-6-12-7-5-10/h8-10,12-13H,4-7H2,1-3H3,(H,14,15). The van der Waals surface area contributed by atoms with Crippen molar-refractivity contribution in [3.05, 3.63) is 0 Å². The summed E-state index contributed by atoms with van der Waals surface area (Å²) in [5, 5.41) is 3.22. The summed E-state index contributed by atoms with van der Waals surface area (Å²) >= 11 is 0. The number of piperidine rings is 1. The van der Waals surface area contributed by atoms with E-state index in [2.05, 4.69) is 10.0 Å². The second-order valence-corrected chi connectivity index (χ2v) is 6.50. The highest BCUT2D eigenvalue weighted by atomic mass is 32.2. The highest BCUT2D eigenvalue weighted by Crippen LogP contribution is 2.16. The molecule has 1 aliphatic heterocycles. The first-order valence-corrected chi connectivity index (χ1v) is 8.00. The highest BCUT2D eigenvalue weighted by Gasteiger charge is 2.25. The molecule has 1 rings (SSSR count). The number of rotatable bonds is 5. The van der Waals surface area contributed by atoms with Crippen LogP contribution in [0.2, 0.25) is 0 Å². The molecule has 19 heavy (non-hydrogen) atoms. The molecule has 0 aromatic heterocycles. The molecule has 1 saturated heterocycles. The van der Waals surface area contributed by atoms with Crippen molar-refractivity contribution in [2.24, 2.45) is 5.92 Å². The normalized spacial score (nSPS) is 19.2. The Kier molecular flexibility index (Phi) is 6.02. The predicted octanol–water partition coefficient (Wildman–Crippen LogP) is 0.344. The van der Waals surface area contributed by atoms with Gasteiger partial charge in [-0.05, 0) is 52.6 Å². The average Bonchev–Trinajstić information content (AvgIpc) is 2.27. The molecule has 8 heteroatoms. The highest BCUT2D eigenvalue weighted by molar-refractivity contribution is 7.88. The third kappa shape index (κ3) is 6.22. The molecule has 7 nitrogen and oxygen atoms in total. The second-order valence-electron chi connectivity index (χ2n) is 5.05. The van der Waals surface area contributed by atoms with Crippen molar-refractivity contribution in [2.75, 3.05) is 13.1 Å². The molecule has 0 saturated carbocycles. The predicted molar refractivity (Wildman–Crippen MR) is 71.9 cm³/mol. The molecular formula is C11H23N3O4S. The molecule has 1 unspecified atom stereocenters. The van der Waals surface area contributed by atoms with Gasteiger partial charge in [-0.15, -0.1) is 0 Å². The Bertz CT molecular complexity index is 391. The van der Waals surface area contributed by atoms with Crippen molar-refractivity contribution in [1.82, 2.24) is 14.8 Å². The lowest BCUT2D eigenvalue weighted by molar-refractivity contribution is 0.121. The van der Waals surface area contributed by atoms with Crippen molar-refractivity contribution in [2.45, 2.75) is 45.8 Å². The van der Waals surface area contributed by atoms with Crippen LogP contribution in [0.25, 0.3) is 0 Å². The first-order valence-electron chi connectivity index (χ1n) is 6.51. The summed E-state index contributed by atoms with van der Waals surface area (Å²) in [6, 6.07) is -0.216. The van der Waals surface area contributed by atoms with E-state index >= 15 is 0 Å². The largest absolute Gasteiger partial charge is 0.446 e. The Morgan fingerprint density at radius 1 is 1.26 bits per heavy atom. The van der Waals surface area contributed by atoms with Crippen LogP contribution in [-0.2, 0) is 14.9 Å². The van der Waals surface area contributed by atoms with Crippen LogP contribution in [0, 0.1) is 5.92 Å². The Hall–Kier alpha value is -0.860. The van der Waals surface area contributed by atoms with E-state index in [-0.39, 0.29) is 18.1 Å². The van der Waals surface area contributed by atoms with E-state index in [1.807, 2.05) is 11.6 Å². The lowest BCUT2D eigenvalue weighted by Gasteiger charge is -2.28. The molecule has 1 atom stereocenters. The summed E-state index contributed by atoms with van der Waals surface area (Å²) in [6.45, 7) is 6.89. The maximum absolute atomic E-state index is 11.7. The topological polar surface area (TPSA) is 96.5 Å². The molecule has 3 N–H and O–H groups in total. The van der Waals surface area contributed by atoms with E-state index in [4.69, 9.17) is 4.74 Å². The van der Waals surface area contributed by atoms with Crippen molar-refractivity contribution in [3.63, 3.8) is 0 Å². The van der Waals surface area contributed by atoms with Crippen molar-refractivity contribution in [3.8, 4) is 0 Å². The summed E-state index contributed by atoms with van der Waals surface area (Å²) in [5.74, 6) is 0.277. The van der Waals surface area contributed by atoms with Crippen LogP contribution in [0.3, 0.4) is 0 Å². The van der Waals surface area contributed by atoms with Gasteiger partial charge in [0.1, 0.15) is 0 Å². The molecule has 112 valence electrons. The zero-order valence-corrected chi connectivity index (χ0v) is 12.4. The Morgan fingerprint density at radius 2 is 1.84 bits per heavy atom. The number of nitrogens with one attached hydrogen (secondary N) is 3. The minimum atomic E-state index is -3.87. The first kappa shape index (κ1) is 16.2. The van der Waals surface area contributed by atoms with Crippen LogP contribution in [0.5, 0.6) is 0 Å². The quantitative estimate of drug-likeness (QED) is 0.679. The fourth-order valence-electron chi connectivity index (χ4n) is 2.06. The zero-order chi connectivity index (χ0) is 14.5. The first-order chi connectivity index (χ1) is 8.80. The number of amides is 1. The minimum absolute atomic E-state index is 0.216. The molecule has 0 aliphatic carbocycles. The molecule has 1 amide bonds. The molecule has 0 spiro atoms. The van der Waals surface area contributed by atoms with Crippen LogP contribution in [-0.4, -0.2) is 39.7 Å². The molecule has 1 heterocycles. The van der Waals surface area contributed by atoms with E-state index in [0.29, 0.717) is 0 Å². The smallest absolute Gasteiger partial charge is 0.422 e. The minimum Gasteiger partial charge on any atom is -0.446 e. The fourth-order valence-corrected chi connectivity index (χ4v) is 3.07. The number of ether oxygens (including phenoxy) is 1. The second kappa shape index (κ2) is 7.06. The van der Waals surface area contributed by atoms with Crippen molar-refractivity contribution in [1.29, 1.82) is 0 Å². The lowest BCUT2D eigenvalue weighted by Crippen LogP contribution is -2.48. The van der Waals surface area contributed by atoms with Gasteiger partial charge >= 0.3 is 16.3 Å². The molecule has 1 aliphatic rings. The average molecular weight is 293 g/mol. The van der Waals surface area contributed by atoms with E-state index in [9.17, 15) is 13.2 Å². The SMILES string of the molecule is CC(C)OC(=O)NS(=O)(=O)NC(C)C1CCNCC1. The third-order valence-corrected chi connectivity index (χ3v) is 4.11. The molecule has 1 fully saturated rings. The fraction of sp³-hybridized carbons (Fsp3) is 0.909. The molecular weight excluding hydrogens is 270 g/mol. The van der Waals surface area contributed by atoms with Gasteiger partial charge in [-0.25, -0.2) is 9.52 Å². The summed E-state index contributed by atoms with van der Waals surface area (Å²) < 4.78 is 32.5. The van der Waals surface area contributed by atoms with Crippen LogP contribution >= 0.6 is 0 Å². The van der Waals surface area contributed by atoms with Gasteiger partial charge in [-0.3, -0.25) is 0 Å². The number of hydrogen-bond acceptors (Lipinski definition) is 5. The van der Waals surface area contributed by atoms with Gasteiger partial charge in [0, 0.05) is 6.04 Å². The zero-order valence-electron chi connectivity index (χ0n) is 11.6. The van der Waals surface area contributed by atoms with E-state index in [1.165, 1.54) is 0 Å². The lowest BCUT2D eigenvalue weighted by atomic mass is 9.92. The van der Waals surface area contributed by atoms with Crippen LogP contribution in [0.1, 0.15) is 33.6 Å². The van der Waals surface area contributed by atoms with Gasteiger partial charge in [-0.2, -0.15) is 13.1 Å². The van der Waals surface area contributed by atoms with Gasteiger partial charge in [0.2, 0.25) is 0 Å². The molecule has 0 aromatic carbocycles. The number of carbonyl (C=O) groups is 1. The Labute approximate surface area is 114 Å². The molecule has 0 radical (unpaired) electrons. The van der Waals surface area contributed by atoms with E-state index in [0.717, 1.165) is 25.9 Å². The van der Waals surface area contributed by atoms with Crippen LogP contribution in [0.15, 0.2) is 0 Å². The number of carbonyl (C=O) groups excluding carboxylic acids is 1. The van der Waals surface area contributed by atoms with Crippen molar-refractivity contribution >= 4 is 16.3 Å². The molecule has 0 aromatic rings. The van der Waals surface area contributed by atoms with Gasteiger partial charge in [0.05, 0.1) is 6.10 Å². The maximum atomic E-state index is 11.7. The number of hydrogen-bond donors (Lipinski definition) is 3. The maximum Gasteiger partial charge on any atom is 0.422 e. The van der Waals surface area contributed by atoms with Gasteiger partial charge in [-0.1, -0.05) is 0 Å². The van der Waals surface area contributed by atoms with Crippen molar-refractivity contribution < 1.29 is 17.9 Å². The third-order valence-electron chi connectivity index (χ3n) is 2.99. The monoisotopic (exact) mass is 293 g/mol. The van der Waals surface area contributed by atoms with Gasteiger partial charge in [0.15, 0.2) is 0 Å². The van der Waals surface area contributed by atoms with E-state index in [1.54, 1.807) is 13.8 Å². The summed E-state index contributed by atoms with van der Waals surface area (Å²) in [6.07, 6.45) is 0.511. The van der Waals surface area contributed by atoms with Crippen LogP contribution < -0.4 is 14.8 Å². The Morgan fingerprint density at radius 3 is 2.37 bits per heavy atom. The molecule has 0 bridgehead atoms.